The third kappa shape index (κ3) is 4.47. The van der Waals surface area contributed by atoms with Crippen LogP contribution in [-0.2, 0) is 16.2 Å². The standard InChI is InChI=1S/C21H15F3N2O5S/c22-21(23,24)13-4-3-5-15(10-13)32(28,29)26-17-7-2-1-6-16(17)20(27)25-14-8-9-18-19(11-14)31-12-30-18/h1-11,26H,12H2,(H,25,27). The number of carbonyl (C=O) groups excluding carboxylic acids is 1. The molecule has 0 bridgehead atoms. The molecular formula is C21H15F3N2O5S. The van der Waals surface area contributed by atoms with E-state index in [-0.39, 0.29) is 18.0 Å². The van der Waals surface area contributed by atoms with E-state index in [0.717, 1.165) is 18.2 Å². The number of rotatable bonds is 5. The van der Waals surface area contributed by atoms with Crippen molar-refractivity contribution in [3.8, 4) is 11.5 Å². The molecule has 4 rings (SSSR count). The van der Waals surface area contributed by atoms with Crippen molar-refractivity contribution in [3.05, 3.63) is 77.9 Å². The molecule has 166 valence electrons. The Kier molecular flexibility index (Phi) is 5.43. The van der Waals surface area contributed by atoms with Crippen LogP contribution in [-0.4, -0.2) is 21.1 Å². The zero-order valence-corrected chi connectivity index (χ0v) is 17.0. The second-order valence-electron chi connectivity index (χ2n) is 6.70. The highest BCUT2D eigenvalue weighted by Crippen LogP contribution is 2.35. The molecule has 1 amide bonds. The van der Waals surface area contributed by atoms with Crippen LogP contribution in [0.4, 0.5) is 24.5 Å². The molecule has 1 aliphatic heterocycles. The number of amides is 1. The van der Waals surface area contributed by atoms with E-state index in [1.165, 1.54) is 24.3 Å². The second kappa shape index (κ2) is 8.08. The Morgan fingerprint density at radius 3 is 2.44 bits per heavy atom. The molecular weight excluding hydrogens is 449 g/mol. The van der Waals surface area contributed by atoms with Crippen molar-refractivity contribution in [3.63, 3.8) is 0 Å². The second-order valence-corrected chi connectivity index (χ2v) is 8.38. The largest absolute Gasteiger partial charge is 0.454 e. The van der Waals surface area contributed by atoms with E-state index in [1.807, 2.05) is 0 Å². The van der Waals surface area contributed by atoms with E-state index in [4.69, 9.17) is 9.47 Å². The summed E-state index contributed by atoms with van der Waals surface area (Å²) in [6.07, 6.45) is -4.70. The number of hydrogen-bond acceptors (Lipinski definition) is 5. The van der Waals surface area contributed by atoms with E-state index < -0.39 is 32.6 Å². The average Bonchev–Trinajstić information content (AvgIpc) is 3.21. The summed E-state index contributed by atoms with van der Waals surface area (Å²) in [5.41, 5.74) is -0.840. The topological polar surface area (TPSA) is 93.7 Å². The molecule has 0 aliphatic carbocycles. The highest BCUT2D eigenvalue weighted by Gasteiger charge is 2.32. The smallest absolute Gasteiger partial charge is 0.416 e. The number of alkyl halides is 3. The van der Waals surface area contributed by atoms with Crippen LogP contribution >= 0.6 is 0 Å². The van der Waals surface area contributed by atoms with Gasteiger partial charge in [0, 0.05) is 11.8 Å². The molecule has 0 spiro atoms. The Labute approximate surface area is 180 Å². The van der Waals surface area contributed by atoms with Crippen LogP contribution in [0.15, 0.2) is 71.6 Å². The van der Waals surface area contributed by atoms with Crippen molar-refractivity contribution in [2.24, 2.45) is 0 Å². The van der Waals surface area contributed by atoms with Crippen molar-refractivity contribution in [1.82, 2.24) is 0 Å². The van der Waals surface area contributed by atoms with Crippen LogP contribution in [0.2, 0.25) is 0 Å². The van der Waals surface area contributed by atoms with E-state index in [0.29, 0.717) is 23.3 Å². The lowest BCUT2D eigenvalue weighted by Crippen LogP contribution is -2.19. The first kappa shape index (κ1) is 21.5. The number of sulfonamides is 1. The summed E-state index contributed by atoms with van der Waals surface area (Å²) in [5.74, 6) is 0.338. The third-order valence-electron chi connectivity index (χ3n) is 4.52. The molecule has 0 saturated carbocycles. The summed E-state index contributed by atoms with van der Waals surface area (Å²) >= 11 is 0. The highest BCUT2D eigenvalue weighted by atomic mass is 32.2. The van der Waals surface area contributed by atoms with Gasteiger partial charge in [0.2, 0.25) is 6.79 Å². The molecule has 32 heavy (non-hydrogen) atoms. The van der Waals surface area contributed by atoms with Gasteiger partial charge in [0.15, 0.2) is 11.5 Å². The molecule has 7 nitrogen and oxygen atoms in total. The van der Waals surface area contributed by atoms with Gasteiger partial charge < -0.3 is 14.8 Å². The summed E-state index contributed by atoms with van der Waals surface area (Å²) in [6.45, 7) is 0.0624. The minimum Gasteiger partial charge on any atom is -0.454 e. The molecule has 11 heteroatoms. The average molecular weight is 464 g/mol. The molecule has 1 heterocycles. The first-order valence-electron chi connectivity index (χ1n) is 9.14. The van der Waals surface area contributed by atoms with Gasteiger partial charge >= 0.3 is 6.18 Å². The number of ether oxygens (including phenoxy) is 2. The van der Waals surface area contributed by atoms with Gasteiger partial charge in [-0.3, -0.25) is 9.52 Å². The van der Waals surface area contributed by atoms with Crippen LogP contribution < -0.4 is 19.5 Å². The van der Waals surface area contributed by atoms with Crippen molar-refractivity contribution < 1.29 is 35.9 Å². The van der Waals surface area contributed by atoms with Gasteiger partial charge in [0.25, 0.3) is 15.9 Å². The molecule has 3 aromatic rings. The van der Waals surface area contributed by atoms with Gasteiger partial charge in [-0.15, -0.1) is 0 Å². The summed E-state index contributed by atoms with van der Waals surface area (Å²) < 4.78 is 76.9. The van der Waals surface area contributed by atoms with Gasteiger partial charge in [-0.05, 0) is 42.5 Å². The fourth-order valence-electron chi connectivity index (χ4n) is 2.99. The number of para-hydroxylation sites is 1. The van der Waals surface area contributed by atoms with Crippen molar-refractivity contribution >= 4 is 27.3 Å². The highest BCUT2D eigenvalue weighted by molar-refractivity contribution is 7.92. The Morgan fingerprint density at radius 2 is 1.66 bits per heavy atom. The number of anilines is 2. The predicted molar refractivity (Wildman–Crippen MR) is 109 cm³/mol. The zero-order chi connectivity index (χ0) is 22.9. The van der Waals surface area contributed by atoms with Crippen LogP contribution in [0.25, 0.3) is 0 Å². The number of hydrogen-bond donors (Lipinski definition) is 2. The summed E-state index contributed by atoms with van der Waals surface area (Å²) in [7, 11) is -4.40. The van der Waals surface area contributed by atoms with Gasteiger partial charge in [-0.2, -0.15) is 13.2 Å². The summed E-state index contributed by atoms with van der Waals surface area (Å²) in [4.78, 5) is 12.2. The molecule has 0 radical (unpaired) electrons. The fraction of sp³-hybridized carbons (Fsp3) is 0.0952. The number of carbonyl (C=O) groups is 1. The first-order chi connectivity index (χ1) is 15.1. The third-order valence-corrected chi connectivity index (χ3v) is 5.88. The number of halogens is 3. The maximum Gasteiger partial charge on any atom is 0.416 e. The van der Waals surface area contributed by atoms with E-state index in [1.54, 1.807) is 18.2 Å². The molecule has 3 aromatic carbocycles. The normalized spacial score (nSPS) is 13.0. The lowest BCUT2D eigenvalue weighted by molar-refractivity contribution is -0.137. The Balaban J connectivity index is 1.59. The lowest BCUT2D eigenvalue weighted by atomic mass is 10.1. The van der Waals surface area contributed by atoms with Crippen LogP contribution in [0.5, 0.6) is 11.5 Å². The minimum atomic E-state index is -4.70. The van der Waals surface area contributed by atoms with Gasteiger partial charge in [-0.25, -0.2) is 8.42 Å². The minimum absolute atomic E-state index is 0.0271. The van der Waals surface area contributed by atoms with Crippen LogP contribution in [0, 0.1) is 0 Å². The monoisotopic (exact) mass is 464 g/mol. The SMILES string of the molecule is O=C(Nc1ccc2c(c1)OCO2)c1ccccc1NS(=O)(=O)c1cccc(C(F)(F)F)c1. The fourth-order valence-corrected chi connectivity index (χ4v) is 4.11. The number of fused-ring (bicyclic) bond motifs is 1. The van der Waals surface area contributed by atoms with Gasteiger partial charge in [0.05, 0.1) is 21.7 Å². The quantitative estimate of drug-likeness (QED) is 0.581. The molecule has 2 N–H and O–H groups in total. The van der Waals surface area contributed by atoms with E-state index >= 15 is 0 Å². The molecule has 0 saturated heterocycles. The van der Waals surface area contributed by atoms with Crippen LogP contribution in [0.1, 0.15) is 15.9 Å². The zero-order valence-electron chi connectivity index (χ0n) is 16.1. The van der Waals surface area contributed by atoms with E-state index in [9.17, 15) is 26.4 Å². The first-order valence-corrected chi connectivity index (χ1v) is 10.6. The molecule has 0 atom stereocenters. The molecule has 0 aromatic heterocycles. The van der Waals surface area contributed by atoms with Gasteiger partial charge in [0.1, 0.15) is 0 Å². The Bertz CT molecular complexity index is 1290. The Morgan fingerprint density at radius 1 is 0.906 bits per heavy atom. The van der Waals surface area contributed by atoms with E-state index in [2.05, 4.69) is 10.0 Å². The maximum absolute atomic E-state index is 13.0. The summed E-state index contributed by atoms with van der Waals surface area (Å²) in [5, 5.41) is 2.62. The number of benzene rings is 3. The predicted octanol–water partition coefficient (Wildman–Crippen LogP) is 4.49. The lowest BCUT2D eigenvalue weighted by Gasteiger charge is -2.14. The summed E-state index contributed by atoms with van der Waals surface area (Å²) in [6, 6.07) is 13.8. The molecule has 0 unspecified atom stereocenters. The van der Waals surface area contributed by atoms with Crippen molar-refractivity contribution in [2.45, 2.75) is 11.1 Å². The van der Waals surface area contributed by atoms with Gasteiger partial charge in [-0.1, -0.05) is 18.2 Å². The molecule has 1 aliphatic rings. The van der Waals surface area contributed by atoms with Crippen molar-refractivity contribution in [1.29, 1.82) is 0 Å². The van der Waals surface area contributed by atoms with Crippen molar-refractivity contribution in [2.75, 3.05) is 16.8 Å². The molecule has 0 fully saturated rings. The van der Waals surface area contributed by atoms with Crippen LogP contribution in [0.3, 0.4) is 0 Å². The number of nitrogens with one attached hydrogen (secondary N) is 2. The maximum atomic E-state index is 13.0. The Hall–Kier alpha value is -3.73.